The second-order valence-corrected chi connectivity index (χ2v) is 18.5. The van der Waals surface area contributed by atoms with Crippen LogP contribution in [0, 0.1) is 6.92 Å². The van der Waals surface area contributed by atoms with Gasteiger partial charge in [-0.05, 0) is 139 Å². The molecule has 312 valence electrons. The van der Waals surface area contributed by atoms with E-state index in [4.69, 9.17) is 0 Å². The van der Waals surface area contributed by atoms with Crippen LogP contribution in [-0.2, 0) is 5.41 Å². The van der Waals surface area contributed by atoms with Crippen molar-refractivity contribution in [1.29, 1.82) is 0 Å². The average Bonchev–Trinajstić information content (AvgIpc) is 3.82. The molecule has 13 rings (SSSR count). The molecule has 2 heteroatoms. The van der Waals surface area contributed by atoms with Gasteiger partial charge in [0.15, 0.2) is 0 Å². The third kappa shape index (κ3) is 5.68. The van der Waals surface area contributed by atoms with E-state index in [0.29, 0.717) is 0 Å². The first-order valence-electron chi connectivity index (χ1n) is 23.1. The van der Waals surface area contributed by atoms with Gasteiger partial charge in [0.25, 0.3) is 0 Å². The minimum atomic E-state index is -0.0905. The van der Waals surface area contributed by atoms with Crippen LogP contribution in [0.25, 0.3) is 93.2 Å². The molecule has 1 heterocycles. The summed E-state index contributed by atoms with van der Waals surface area (Å²) in [6.45, 7) is 6.97. The lowest BCUT2D eigenvalue weighted by Crippen LogP contribution is -2.14. The summed E-state index contributed by atoms with van der Waals surface area (Å²) in [6, 6.07) is 83.2. The molecule has 0 spiro atoms. The van der Waals surface area contributed by atoms with Crippen molar-refractivity contribution in [1.82, 2.24) is 4.57 Å². The summed E-state index contributed by atoms with van der Waals surface area (Å²) in [4.78, 5) is 2.42. The maximum absolute atomic E-state index is 2.48. The van der Waals surface area contributed by atoms with Gasteiger partial charge in [0.2, 0.25) is 0 Å². The van der Waals surface area contributed by atoms with Gasteiger partial charge in [0, 0.05) is 38.6 Å². The number of rotatable bonds is 6. The zero-order valence-electron chi connectivity index (χ0n) is 37.3. The highest BCUT2D eigenvalue weighted by molar-refractivity contribution is 6.24. The zero-order chi connectivity index (χ0) is 44.1. The van der Waals surface area contributed by atoms with Crippen LogP contribution in [0.15, 0.2) is 224 Å². The van der Waals surface area contributed by atoms with E-state index in [-0.39, 0.29) is 5.41 Å². The van der Waals surface area contributed by atoms with Crippen LogP contribution in [0.2, 0.25) is 0 Å². The van der Waals surface area contributed by atoms with Gasteiger partial charge in [0.05, 0.1) is 16.7 Å². The Balaban J connectivity index is 0.998. The van der Waals surface area contributed by atoms with Crippen LogP contribution in [0.1, 0.15) is 30.5 Å². The van der Waals surface area contributed by atoms with Crippen LogP contribution in [0.4, 0.5) is 17.1 Å². The zero-order valence-corrected chi connectivity index (χ0v) is 37.3. The Morgan fingerprint density at radius 2 is 0.909 bits per heavy atom. The van der Waals surface area contributed by atoms with Crippen LogP contribution < -0.4 is 4.90 Å². The molecule has 0 atom stereocenters. The maximum Gasteiger partial charge on any atom is 0.0541 e. The van der Waals surface area contributed by atoms with Crippen molar-refractivity contribution in [2.75, 3.05) is 4.90 Å². The molecule has 1 aromatic heterocycles. The molecule has 0 saturated carbocycles. The van der Waals surface area contributed by atoms with Gasteiger partial charge in [-0.1, -0.05) is 183 Å². The van der Waals surface area contributed by atoms with Crippen molar-refractivity contribution in [2.45, 2.75) is 26.2 Å². The molecule has 1 aliphatic carbocycles. The van der Waals surface area contributed by atoms with Gasteiger partial charge in [-0.3, -0.25) is 0 Å². The number of para-hydroxylation sites is 3. The lowest BCUT2D eigenvalue weighted by atomic mass is 9.80. The first-order chi connectivity index (χ1) is 32.4. The highest BCUT2D eigenvalue weighted by Crippen LogP contribution is 2.52. The average molecular weight is 843 g/mol. The number of aryl methyl sites for hydroxylation is 1. The van der Waals surface area contributed by atoms with Crippen molar-refractivity contribution >= 4 is 71.2 Å². The minimum Gasteiger partial charge on any atom is -0.310 e. The quantitative estimate of drug-likeness (QED) is 0.151. The van der Waals surface area contributed by atoms with Crippen molar-refractivity contribution in [3.63, 3.8) is 0 Å². The molecular weight excluding hydrogens is 797 g/mol. The number of benzene rings is 11. The molecule has 0 amide bonds. The predicted octanol–water partition coefficient (Wildman–Crippen LogP) is 17.7. The first kappa shape index (κ1) is 38.3. The topological polar surface area (TPSA) is 8.17 Å². The summed E-state index contributed by atoms with van der Waals surface area (Å²) < 4.78 is 2.39. The van der Waals surface area contributed by atoms with Gasteiger partial charge in [-0.25, -0.2) is 0 Å². The second kappa shape index (κ2) is 14.7. The molecule has 0 N–H and O–H groups in total. The van der Waals surface area contributed by atoms with Gasteiger partial charge in [0.1, 0.15) is 0 Å². The highest BCUT2D eigenvalue weighted by atomic mass is 15.1. The van der Waals surface area contributed by atoms with Gasteiger partial charge >= 0.3 is 0 Å². The van der Waals surface area contributed by atoms with E-state index in [1.54, 1.807) is 0 Å². The van der Waals surface area contributed by atoms with Crippen LogP contribution in [0.3, 0.4) is 0 Å². The molecule has 0 bridgehead atoms. The lowest BCUT2D eigenvalue weighted by Gasteiger charge is -2.28. The summed E-state index contributed by atoms with van der Waals surface area (Å²) in [7, 11) is 0. The fourth-order valence-corrected chi connectivity index (χ4v) is 11.4. The monoisotopic (exact) mass is 842 g/mol. The predicted molar refractivity (Wildman–Crippen MR) is 281 cm³/mol. The van der Waals surface area contributed by atoms with E-state index < -0.39 is 0 Å². The number of hydrogen-bond acceptors (Lipinski definition) is 1. The standard InChI is InChI=1S/C64H46N2/c1-41-29-35-55-56(39-41)63(53-25-10-9-24-52(53)62(55)42-30-36-48-47-20-11-14-26-57(47)64(2,3)58(48)40-42)54-37-38-61(49-21-8-7-19-46(49)54)65(43-17-5-4-6-18-43)44-31-33-45(34-32-44)66-59-27-15-12-22-50(59)51-23-13-16-28-60(51)66/h4-40H,1-3H3. The van der Waals surface area contributed by atoms with E-state index in [2.05, 4.69) is 255 Å². The van der Waals surface area contributed by atoms with Crippen molar-refractivity contribution in [3.05, 3.63) is 241 Å². The lowest BCUT2D eigenvalue weighted by molar-refractivity contribution is 0.660. The fraction of sp³-hybridized carbons (Fsp3) is 0.0625. The summed E-state index contributed by atoms with van der Waals surface area (Å²) in [5, 5.41) is 9.99. The van der Waals surface area contributed by atoms with E-state index in [9.17, 15) is 0 Å². The van der Waals surface area contributed by atoms with Crippen molar-refractivity contribution in [2.24, 2.45) is 0 Å². The Labute approximate surface area is 385 Å². The Morgan fingerprint density at radius 3 is 1.64 bits per heavy atom. The van der Waals surface area contributed by atoms with E-state index in [1.165, 1.54) is 104 Å². The molecular formula is C64H46N2. The summed E-state index contributed by atoms with van der Waals surface area (Å²) in [6.07, 6.45) is 0. The molecule has 12 aromatic rings. The Kier molecular flexibility index (Phi) is 8.51. The smallest absolute Gasteiger partial charge is 0.0541 e. The molecule has 0 radical (unpaired) electrons. The SMILES string of the molecule is Cc1ccc2c(-c3ccc4c(c3)C(C)(C)c3ccccc3-4)c3ccccc3c(-c3ccc(N(c4ccccc4)c4ccc(-n5c6ccccc6c6ccccc65)cc4)c4ccccc34)c2c1. The third-order valence-electron chi connectivity index (χ3n) is 14.4. The molecule has 0 fully saturated rings. The largest absolute Gasteiger partial charge is 0.310 e. The Morgan fingerprint density at radius 1 is 0.364 bits per heavy atom. The third-order valence-corrected chi connectivity index (χ3v) is 14.4. The summed E-state index contributed by atoms with van der Waals surface area (Å²) in [5.41, 5.74) is 18.6. The second-order valence-electron chi connectivity index (χ2n) is 18.5. The normalized spacial score (nSPS) is 12.9. The molecule has 2 nitrogen and oxygen atoms in total. The maximum atomic E-state index is 2.48. The van der Waals surface area contributed by atoms with Gasteiger partial charge in [-0.15, -0.1) is 0 Å². The molecule has 0 saturated heterocycles. The van der Waals surface area contributed by atoms with Crippen LogP contribution in [0.5, 0.6) is 0 Å². The van der Waals surface area contributed by atoms with Crippen LogP contribution in [-0.4, -0.2) is 4.57 Å². The molecule has 1 aliphatic rings. The van der Waals surface area contributed by atoms with Gasteiger partial charge in [-0.2, -0.15) is 0 Å². The highest BCUT2D eigenvalue weighted by Gasteiger charge is 2.35. The van der Waals surface area contributed by atoms with Crippen molar-refractivity contribution < 1.29 is 0 Å². The number of anilines is 3. The number of aromatic nitrogens is 1. The van der Waals surface area contributed by atoms with Gasteiger partial charge < -0.3 is 9.47 Å². The summed E-state index contributed by atoms with van der Waals surface area (Å²) >= 11 is 0. The number of fused-ring (bicyclic) bond motifs is 9. The minimum absolute atomic E-state index is 0.0905. The van der Waals surface area contributed by atoms with Crippen molar-refractivity contribution in [3.8, 4) is 39.1 Å². The van der Waals surface area contributed by atoms with E-state index in [1.807, 2.05) is 0 Å². The first-order valence-corrected chi connectivity index (χ1v) is 23.1. The van der Waals surface area contributed by atoms with E-state index in [0.717, 1.165) is 22.7 Å². The molecule has 11 aromatic carbocycles. The Hall–Kier alpha value is -8.20. The van der Waals surface area contributed by atoms with E-state index >= 15 is 0 Å². The number of hydrogen-bond donors (Lipinski definition) is 0. The molecule has 0 aliphatic heterocycles. The fourth-order valence-electron chi connectivity index (χ4n) is 11.4. The number of nitrogens with zero attached hydrogens (tertiary/aromatic N) is 2. The molecule has 0 unspecified atom stereocenters. The molecule has 66 heavy (non-hydrogen) atoms. The van der Waals surface area contributed by atoms with Crippen LogP contribution >= 0.6 is 0 Å². The Bertz CT molecular complexity index is 3860. The summed E-state index contributed by atoms with van der Waals surface area (Å²) in [5.74, 6) is 0.